The Kier molecular flexibility index (Phi) is 7.43. The van der Waals surface area contributed by atoms with Crippen LogP contribution in [0.15, 0.2) is 36.9 Å². The molecule has 1 unspecified atom stereocenters. The quantitative estimate of drug-likeness (QED) is 0.556. The van der Waals surface area contributed by atoms with E-state index < -0.39 is 0 Å². The first-order chi connectivity index (χ1) is 9.71. The second-order valence-electron chi connectivity index (χ2n) is 4.39. The summed E-state index contributed by atoms with van der Waals surface area (Å²) < 4.78 is 10.4. The normalized spacial score (nSPS) is 11.7. The lowest BCUT2D eigenvalue weighted by molar-refractivity contribution is -0.147. The first-order valence-electron chi connectivity index (χ1n) is 6.81. The third kappa shape index (κ3) is 5.45. The lowest BCUT2D eigenvalue weighted by Gasteiger charge is -2.14. The zero-order chi connectivity index (χ0) is 14.8. The first-order valence-corrected chi connectivity index (χ1v) is 6.81. The highest BCUT2D eigenvalue weighted by molar-refractivity contribution is 5.73. The van der Waals surface area contributed by atoms with Gasteiger partial charge in [0.15, 0.2) is 0 Å². The summed E-state index contributed by atoms with van der Waals surface area (Å²) in [5, 5.41) is 8.69. The molecule has 0 saturated carbocycles. The smallest absolute Gasteiger partial charge is 0.309 e. The number of carbonyl (C=O) groups excluding carboxylic acids is 1. The highest BCUT2D eigenvalue weighted by atomic mass is 16.5. The lowest BCUT2D eigenvalue weighted by atomic mass is 9.96. The maximum Gasteiger partial charge on any atom is 0.309 e. The Morgan fingerprint density at radius 1 is 1.40 bits per heavy atom. The van der Waals surface area contributed by atoms with Gasteiger partial charge in [0.25, 0.3) is 0 Å². The summed E-state index contributed by atoms with van der Waals surface area (Å²) >= 11 is 0. The van der Waals surface area contributed by atoms with Crippen molar-refractivity contribution in [1.29, 1.82) is 0 Å². The van der Waals surface area contributed by atoms with Crippen molar-refractivity contribution in [2.24, 2.45) is 5.92 Å². The first kappa shape index (κ1) is 16.2. The molecule has 0 aliphatic heterocycles. The summed E-state index contributed by atoms with van der Waals surface area (Å²) in [5.74, 6) is 0.323. The Morgan fingerprint density at radius 3 is 2.65 bits per heavy atom. The summed E-state index contributed by atoms with van der Waals surface area (Å²) in [6.07, 6.45) is 2.95. The Labute approximate surface area is 120 Å². The fourth-order valence-electron chi connectivity index (χ4n) is 1.89. The predicted molar refractivity (Wildman–Crippen MR) is 77.7 cm³/mol. The van der Waals surface area contributed by atoms with Gasteiger partial charge in [0.05, 0.1) is 19.1 Å². The summed E-state index contributed by atoms with van der Waals surface area (Å²) in [5.41, 5.74) is 1.04. The molecule has 0 aliphatic carbocycles. The fraction of sp³-hybridized carbons (Fsp3) is 0.438. The number of aliphatic hydroxyl groups excluding tert-OH is 1. The van der Waals surface area contributed by atoms with Gasteiger partial charge in [-0.15, -0.1) is 6.58 Å². The molecule has 0 amide bonds. The highest BCUT2D eigenvalue weighted by Gasteiger charge is 2.18. The minimum absolute atomic E-state index is 0.00792. The van der Waals surface area contributed by atoms with E-state index in [4.69, 9.17) is 14.6 Å². The third-order valence-electron chi connectivity index (χ3n) is 2.84. The van der Waals surface area contributed by atoms with Crippen molar-refractivity contribution in [2.75, 3.05) is 19.8 Å². The molecule has 0 fully saturated rings. The van der Waals surface area contributed by atoms with Gasteiger partial charge in [0, 0.05) is 0 Å². The third-order valence-corrected chi connectivity index (χ3v) is 2.84. The summed E-state index contributed by atoms with van der Waals surface area (Å²) in [6.45, 7) is 6.14. The fourth-order valence-corrected chi connectivity index (χ4v) is 1.89. The molecule has 20 heavy (non-hydrogen) atoms. The zero-order valence-electron chi connectivity index (χ0n) is 11.9. The number of allylic oxidation sites excluding steroid dienone is 1. The van der Waals surface area contributed by atoms with Gasteiger partial charge < -0.3 is 14.6 Å². The SMILES string of the molecule is C=CCC(Cc1ccc(OCCO)cc1)C(=O)OCC. The lowest BCUT2D eigenvalue weighted by Crippen LogP contribution is -2.19. The van der Waals surface area contributed by atoms with E-state index in [0.717, 1.165) is 5.56 Å². The summed E-state index contributed by atoms with van der Waals surface area (Å²) in [4.78, 5) is 11.8. The van der Waals surface area contributed by atoms with E-state index in [1.54, 1.807) is 13.0 Å². The minimum Gasteiger partial charge on any atom is -0.491 e. The van der Waals surface area contributed by atoms with E-state index in [2.05, 4.69) is 6.58 Å². The topological polar surface area (TPSA) is 55.8 Å². The van der Waals surface area contributed by atoms with Crippen LogP contribution in [0.2, 0.25) is 0 Å². The molecule has 0 heterocycles. The predicted octanol–water partition coefficient (Wildman–Crippen LogP) is 2.36. The van der Waals surface area contributed by atoms with Crippen molar-refractivity contribution in [3.63, 3.8) is 0 Å². The Balaban J connectivity index is 2.63. The molecule has 4 nitrogen and oxygen atoms in total. The van der Waals surface area contributed by atoms with Gasteiger partial charge in [-0.2, -0.15) is 0 Å². The van der Waals surface area contributed by atoms with Gasteiger partial charge in [-0.05, 0) is 37.5 Å². The van der Waals surface area contributed by atoms with Gasteiger partial charge in [0.1, 0.15) is 12.4 Å². The average molecular weight is 278 g/mol. The largest absolute Gasteiger partial charge is 0.491 e. The molecule has 1 N–H and O–H groups in total. The maximum atomic E-state index is 11.8. The molecule has 0 radical (unpaired) electrons. The molecular weight excluding hydrogens is 256 g/mol. The number of benzene rings is 1. The van der Waals surface area contributed by atoms with E-state index in [1.165, 1.54) is 0 Å². The van der Waals surface area contributed by atoms with Gasteiger partial charge in [-0.1, -0.05) is 18.2 Å². The molecule has 0 aliphatic rings. The van der Waals surface area contributed by atoms with Crippen LogP contribution < -0.4 is 4.74 Å². The Bertz CT molecular complexity index is 411. The zero-order valence-corrected chi connectivity index (χ0v) is 11.9. The van der Waals surface area contributed by atoms with Crippen LogP contribution >= 0.6 is 0 Å². The van der Waals surface area contributed by atoms with Crippen LogP contribution in [0.3, 0.4) is 0 Å². The number of hydrogen-bond donors (Lipinski definition) is 1. The van der Waals surface area contributed by atoms with Crippen LogP contribution in [0.1, 0.15) is 18.9 Å². The van der Waals surface area contributed by atoms with Crippen molar-refractivity contribution < 1.29 is 19.4 Å². The molecule has 0 bridgehead atoms. The molecule has 1 aromatic rings. The number of rotatable bonds is 9. The van der Waals surface area contributed by atoms with Crippen LogP contribution in [0, 0.1) is 5.92 Å². The van der Waals surface area contributed by atoms with E-state index >= 15 is 0 Å². The van der Waals surface area contributed by atoms with Crippen LogP contribution in [0.25, 0.3) is 0 Å². The monoisotopic (exact) mass is 278 g/mol. The Morgan fingerprint density at radius 2 is 2.10 bits per heavy atom. The van der Waals surface area contributed by atoms with Crippen molar-refractivity contribution in [2.45, 2.75) is 19.8 Å². The number of ether oxygens (including phenoxy) is 2. The molecule has 1 atom stereocenters. The summed E-state index contributed by atoms with van der Waals surface area (Å²) in [7, 11) is 0. The average Bonchev–Trinajstić information content (AvgIpc) is 2.46. The number of esters is 1. The van der Waals surface area contributed by atoms with Crippen molar-refractivity contribution in [3.8, 4) is 5.75 Å². The number of aliphatic hydroxyl groups is 1. The van der Waals surface area contributed by atoms with Crippen molar-refractivity contribution in [1.82, 2.24) is 0 Å². The van der Waals surface area contributed by atoms with Crippen molar-refractivity contribution >= 4 is 5.97 Å². The van der Waals surface area contributed by atoms with Crippen LogP contribution in [-0.4, -0.2) is 30.9 Å². The van der Waals surface area contributed by atoms with Gasteiger partial charge in [-0.3, -0.25) is 4.79 Å². The number of carbonyl (C=O) groups is 1. The van der Waals surface area contributed by atoms with Crippen molar-refractivity contribution in [3.05, 3.63) is 42.5 Å². The molecule has 110 valence electrons. The maximum absolute atomic E-state index is 11.8. The van der Waals surface area contributed by atoms with E-state index in [9.17, 15) is 4.79 Å². The molecule has 0 aromatic heterocycles. The second-order valence-corrected chi connectivity index (χ2v) is 4.39. The molecule has 1 rings (SSSR count). The van der Waals surface area contributed by atoms with Crippen LogP contribution in [0.4, 0.5) is 0 Å². The van der Waals surface area contributed by atoms with Gasteiger partial charge in [0.2, 0.25) is 0 Å². The van der Waals surface area contributed by atoms with Gasteiger partial charge in [-0.25, -0.2) is 0 Å². The Hall–Kier alpha value is -1.81. The standard InChI is InChI=1S/C16H22O4/c1-3-5-14(16(18)19-4-2)12-13-6-8-15(9-7-13)20-11-10-17/h3,6-9,14,17H,1,4-5,10-12H2,2H3. The van der Waals surface area contributed by atoms with E-state index in [1.807, 2.05) is 24.3 Å². The molecule has 4 heteroatoms. The summed E-state index contributed by atoms with van der Waals surface area (Å²) in [6, 6.07) is 7.51. The highest BCUT2D eigenvalue weighted by Crippen LogP contribution is 2.18. The molecule has 0 saturated heterocycles. The minimum atomic E-state index is -0.198. The van der Waals surface area contributed by atoms with E-state index in [0.29, 0.717) is 25.2 Å². The molecular formula is C16H22O4. The van der Waals surface area contributed by atoms with Crippen LogP contribution in [-0.2, 0) is 16.0 Å². The van der Waals surface area contributed by atoms with E-state index in [-0.39, 0.29) is 25.1 Å². The molecule has 1 aromatic carbocycles. The second kappa shape index (κ2) is 9.15. The van der Waals surface area contributed by atoms with Crippen LogP contribution in [0.5, 0.6) is 5.75 Å². The van der Waals surface area contributed by atoms with Gasteiger partial charge >= 0.3 is 5.97 Å². The molecule has 0 spiro atoms. The number of hydrogen-bond acceptors (Lipinski definition) is 4.